The number of aryl methyl sites for hydroxylation is 1. The fourth-order valence-corrected chi connectivity index (χ4v) is 3.18. The molecule has 6 nitrogen and oxygen atoms in total. The molecular weight excluding hydrogens is 398 g/mol. The fourth-order valence-electron chi connectivity index (χ4n) is 2.62. The number of carbonyl (C=O) groups is 1. The lowest BCUT2D eigenvalue weighted by atomic mass is 9.92. The Balaban J connectivity index is 2.64. The van der Waals surface area contributed by atoms with Gasteiger partial charge in [0, 0.05) is 5.92 Å². The molecule has 0 saturated heterocycles. The average molecular weight is 412 g/mol. The molecule has 2 rings (SSSR count). The molecule has 1 N–H and O–H groups in total. The smallest absolute Gasteiger partial charge is 0.355 e. The average Bonchev–Trinajstić information content (AvgIpc) is 2.83. The lowest BCUT2D eigenvalue weighted by Crippen LogP contribution is -2.33. The summed E-state index contributed by atoms with van der Waals surface area (Å²) in [5.41, 5.74) is -1.43. The van der Waals surface area contributed by atoms with Gasteiger partial charge < -0.3 is 5.11 Å². The van der Waals surface area contributed by atoms with Crippen molar-refractivity contribution in [3.8, 4) is 5.69 Å². The van der Waals surface area contributed by atoms with Crippen LogP contribution in [0.5, 0.6) is 0 Å². The number of alkyl halides is 4. The Morgan fingerprint density at radius 3 is 2.46 bits per heavy atom. The Kier molecular flexibility index (Phi) is 5.72. The summed E-state index contributed by atoms with van der Waals surface area (Å²) in [6, 6.07) is 3.34. The van der Waals surface area contributed by atoms with Gasteiger partial charge in [0.2, 0.25) is 4.33 Å². The zero-order valence-corrected chi connectivity index (χ0v) is 15.1. The van der Waals surface area contributed by atoms with Gasteiger partial charge in [-0.2, -0.15) is 13.5 Å². The molecule has 0 fully saturated rings. The SMILES string of the molecule is CCC(c1ccc(F)c(-n2nc(C)n(C(F)F)c2=O)c1)C(Cl)(Cl)C(=O)O. The summed E-state index contributed by atoms with van der Waals surface area (Å²) in [7, 11) is 0. The number of rotatable bonds is 6. The van der Waals surface area contributed by atoms with E-state index < -0.39 is 40.0 Å². The van der Waals surface area contributed by atoms with Crippen LogP contribution in [0.2, 0.25) is 0 Å². The predicted octanol–water partition coefficient (Wildman–Crippen LogP) is 3.63. The lowest BCUT2D eigenvalue weighted by Gasteiger charge is -2.25. The molecule has 1 unspecified atom stereocenters. The molecular formula is C15H14Cl2F3N3O3. The normalized spacial score (nSPS) is 13.2. The topological polar surface area (TPSA) is 77.1 Å². The third kappa shape index (κ3) is 3.45. The molecule has 0 amide bonds. The Bertz CT molecular complexity index is 896. The first kappa shape index (κ1) is 20.3. The Morgan fingerprint density at radius 2 is 2.00 bits per heavy atom. The summed E-state index contributed by atoms with van der Waals surface area (Å²) in [5, 5.41) is 12.8. The molecule has 0 aliphatic carbocycles. The van der Waals surface area contributed by atoms with Crippen LogP contribution in [0.4, 0.5) is 13.2 Å². The third-order valence-corrected chi connectivity index (χ3v) is 4.76. The minimum Gasteiger partial charge on any atom is -0.479 e. The molecule has 0 bridgehead atoms. The van der Waals surface area contributed by atoms with Gasteiger partial charge in [-0.3, -0.25) is 0 Å². The van der Waals surface area contributed by atoms with E-state index in [2.05, 4.69) is 5.10 Å². The van der Waals surface area contributed by atoms with E-state index in [1.807, 2.05) is 0 Å². The first-order valence-corrected chi connectivity index (χ1v) is 8.15. The molecule has 26 heavy (non-hydrogen) atoms. The first-order valence-electron chi connectivity index (χ1n) is 7.39. The van der Waals surface area contributed by atoms with Gasteiger partial charge in [-0.15, -0.1) is 5.10 Å². The highest BCUT2D eigenvalue weighted by Gasteiger charge is 2.42. The maximum absolute atomic E-state index is 14.2. The molecule has 142 valence electrons. The van der Waals surface area contributed by atoms with E-state index in [0.717, 1.165) is 12.1 Å². The Morgan fingerprint density at radius 1 is 1.38 bits per heavy atom. The maximum atomic E-state index is 14.2. The monoisotopic (exact) mass is 411 g/mol. The Hall–Kier alpha value is -2.00. The number of benzene rings is 1. The molecule has 0 aliphatic rings. The highest BCUT2D eigenvalue weighted by atomic mass is 35.5. The number of halogens is 5. The number of hydrogen-bond donors (Lipinski definition) is 1. The zero-order chi connectivity index (χ0) is 19.8. The van der Waals surface area contributed by atoms with Crippen molar-refractivity contribution in [1.82, 2.24) is 14.3 Å². The summed E-state index contributed by atoms with van der Waals surface area (Å²) in [6.07, 6.45) is 0.184. The van der Waals surface area contributed by atoms with Crippen LogP contribution in [0.25, 0.3) is 5.69 Å². The van der Waals surface area contributed by atoms with Crippen molar-refractivity contribution in [3.63, 3.8) is 0 Å². The molecule has 2 aromatic rings. The van der Waals surface area contributed by atoms with Gasteiger partial charge in [0.25, 0.3) is 0 Å². The van der Waals surface area contributed by atoms with Gasteiger partial charge in [-0.05, 0) is 31.0 Å². The van der Waals surface area contributed by atoms with Gasteiger partial charge in [-0.1, -0.05) is 36.2 Å². The second-order valence-corrected chi connectivity index (χ2v) is 6.87. The lowest BCUT2D eigenvalue weighted by molar-refractivity contribution is -0.138. The Labute approximate surface area is 155 Å². The number of aromatic nitrogens is 3. The van der Waals surface area contributed by atoms with Gasteiger partial charge in [-0.25, -0.2) is 18.5 Å². The number of aliphatic carboxylic acids is 1. The summed E-state index contributed by atoms with van der Waals surface area (Å²) >= 11 is 11.8. The van der Waals surface area contributed by atoms with Crippen LogP contribution in [0.3, 0.4) is 0 Å². The predicted molar refractivity (Wildman–Crippen MR) is 88.9 cm³/mol. The first-order chi connectivity index (χ1) is 12.0. The molecule has 0 aliphatic heterocycles. The van der Waals surface area contributed by atoms with Gasteiger partial charge in [0.05, 0.1) is 0 Å². The van der Waals surface area contributed by atoms with Gasteiger partial charge in [0.15, 0.2) is 0 Å². The summed E-state index contributed by atoms with van der Waals surface area (Å²) in [5.74, 6) is -3.66. The molecule has 1 heterocycles. The fraction of sp³-hybridized carbons (Fsp3) is 0.400. The van der Waals surface area contributed by atoms with Crippen LogP contribution in [-0.4, -0.2) is 29.8 Å². The van der Waals surface area contributed by atoms with Crippen molar-refractivity contribution in [3.05, 3.63) is 45.9 Å². The van der Waals surface area contributed by atoms with E-state index in [1.54, 1.807) is 6.92 Å². The van der Waals surface area contributed by atoms with E-state index in [1.165, 1.54) is 13.0 Å². The van der Waals surface area contributed by atoms with Crippen LogP contribution < -0.4 is 5.69 Å². The molecule has 1 aromatic heterocycles. The van der Waals surface area contributed by atoms with E-state index in [-0.39, 0.29) is 22.4 Å². The number of hydrogen-bond acceptors (Lipinski definition) is 3. The van der Waals surface area contributed by atoms with E-state index in [4.69, 9.17) is 23.2 Å². The highest BCUT2D eigenvalue weighted by Crippen LogP contribution is 2.41. The van der Waals surface area contributed by atoms with E-state index in [0.29, 0.717) is 4.68 Å². The molecule has 1 aromatic carbocycles. The molecule has 1 atom stereocenters. The number of nitrogens with zero attached hydrogens (tertiary/aromatic N) is 3. The van der Waals surface area contributed by atoms with Crippen LogP contribution in [0, 0.1) is 12.7 Å². The zero-order valence-electron chi connectivity index (χ0n) is 13.6. The number of carboxylic acids is 1. The van der Waals surface area contributed by atoms with Crippen LogP contribution >= 0.6 is 23.2 Å². The summed E-state index contributed by atoms with van der Waals surface area (Å²) in [6.45, 7) is -0.345. The minimum absolute atomic E-state index is 0.105. The van der Waals surface area contributed by atoms with Crippen molar-refractivity contribution >= 4 is 29.2 Å². The van der Waals surface area contributed by atoms with Crippen LogP contribution in [0.15, 0.2) is 23.0 Å². The van der Waals surface area contributed by atoms with E-state index in [9.17, 15) is 27.9 Å². The maximum Gasteiger partial charge on any atom is 0.355 e. The van der Waals surface area contributed by atoms with Crippen LogP contribution in [-0.2, 0) is 4.79 Å². The molecule has 11 heteroatoms. The molecule has 0 radical (unpaired) electrons. The summed E-state index contributed by atoms with van der Waals surface area (Å²) < 4.78 is 38.5. The quantitative estimate of drug-likeness (QED) is 0.736. The van der Waals surface area contributed by atoms with Crippen molar-refractivity contribution in [1.29, 1.82) is 0 Å². The highest BCUT2D eigenvalue weighted by molar-refractivity contribution is 6.57. The third-order valence-electron chi connectivity index (χ3n) is 3.91. The largest absolute Gasteiger partial charge is 0.479 e. The second kappa shape index (κ2) is 7.32. The summed E-state index contributed by atoms with van der Waals surface area (Å²) in [4.78, 5) is 23.4. The van der Waals surface area contributed by atoms with Crippen molar-refractivity contribution in [2.75, 3.05) is 0 Å². The van der Waals surface area contributed by atoms with Crippen LogP contribution in [0.1, 0.15) is 37.2 Å². The minimum atomic E-state index is -3.14. The van der Waals surface area contributed by atoms with Crippen molar-refractivity contribution in [2.45, 2.75) is 37.1 Å². The van der Waals surface area contributed by atoms with E-state index >= 15 is 0 Å². The van der Waals surface area contributed by atoms with Crippen molar-refractivity contribution < 1.29 is 23.1 Å². The molecule has 0 saturated carbocycles. The second-order valence-electron chi connectivity index (χ2n) is 5.49. The molecule has 0 spiro atoms. The number of carboxylic acid groups (broad SMARTS) is 1. The van der Waals surface area contributed by atoms with Crippen molar-refractivity contribution in [2.24, 2.45) is 0 Å². The van der Waals surface area contributed by atoms with Gasteiger partial charge in [0.1, 0.15) is 17.3 Å². The van der Waals surface area contributed by atoms with Gasteiger partial charge >= 0.3 is 18.2 Å². The standard InChI is InChI=1S/C15H14Cl2F3N3O3/c1-3-9(15(16,17)12(24)25)8-4-5-10(18)11(6-8)23-14(26)22(13(19)20)7(2)21-23/h4-6,9,13H,3H2,1-2H3,(H,24,25).